The Hall–Kier alpha value is -0.610. The molecule has 1 unspecified atom stereocenters. The molecule has 1 N–H and O–H groups in total. The van der Waals surface area contributed by atoms with Crippen molar-refractivity contribution < 1.29 is 9.90 Å². The van der Waals surface area contributed by atoms with Crippen LogP contribution in [-0.4, -0.2) is 60.1 Å². The maximum atomic E-state index is 10.5. The summed E-state index contributed by atoms with van der Waals surface area (Å²) in [6, 6.07) is 0.560. The summed E-state index contributed by atoms with van der Waals surface area (Å²) in [5, 5.41) is 8.62. The smallest absolute Gasteiger partial charge is 0.304 e. The number of rotatable bonds is 5. The first kappa shape index (κ1) is 11.5. The normalized spacial score (nSPS) is 23.2. The summed E-state index contributed by atoms with van der Waals surface area (Å²) < 4.78 is 0. The zero-order chi connectivity index (χ0) is 10.6. The summed E-state index contributed by atoms with van der Waals surface area (Å²) >= 11 is 0. The minimum Gasteiger partial charge on any atom is -0.481 e. The third kappa shape index (κ3) is 3.27. The Kier molecular flexibility index (Phi) is 4.35. The van der Waals surface area contributed by atoms with E-state index >= 15 is 0 Å². The highest BCUT2D eigenvalue weighted by molar-refractivity contribution is 5.66. The van der Waals surface area contributed by atoms with Crippen LogP contribution < -0.4 is 0 Å². The van der Waals surface area contributed by atoms with E-state index in [1.807, 2.05) is 0 Å². The molecule has 4 nitrogen and oxygen atoms in total. The minimum absolute atomic E-state index is 0.258. The lowest BCUT2D eigenvalue weighted by Gasteiger charge is -2.26. The Labute approximate surface area is 85.5 Å². The van der Waals surface area contributed by atoms with Gasteiger partial charge in [-0.25, -0.2) is 0 Å². The van der Waals surface area contributed by atoms with Crippen LogP contribution in [0.25, 0.3) is 0 Å². The topological polar surface area (TPSA) is 43.8 Å². The molecule has 82 valence electrons. The van der Waals surface area contributed by atoms with Crippen LogP contribution in [0, 0.1) is 0 Å². The van der Waals surface area contributed by atoms with E-state index in [1.165, 1.54) is 6.42 Å². The molecule has 0 saturated carbocycles. The molecule has 1 saturated heterocycles. The summed E-state index contributed by atoms with van der Waals surface area (Å²) in [5.41, 5.74) is 0. The van der Waals surface area contributed by atoms with Gasteiger partial charge < -0.3 is 10.0 Å². The zero-order valence-corrected chi connectivity index (χ0v) is 9.07. The van der Waals surface area contributed by atoms with Crippen LogP contribution in [0.2, 0.25) is 0 Å². The number of carboxylic acids is 1. The Morgan fingerprint density at radius 1 is 1.64 bits per heavy atom. The minimum atomic E-state index is -0.699. The van der Waals surface area contributed by atoms with Gasteiger partial charge in [-0.1, -0.05) is 6.92 Å². The van der Waals surface area contributed by atoms with E-state index < -0.39 is 5.97 Å². The van der Waals surface area contributed by atoms with Crippen LogP contribution in [0.4, 0.5) is 0 Å². The van der Waals surface area contributed by atoms with Gasteiger partial charge in [-0.05, 0) is 26.6 Å². The van der Waals surface area contributed by atoms with Gasteiger partial charge >= 0.3 is 5.97 Å². The number of carboxylic acid groups (broad SMARTS) is 1. The molecule has 0 amide bonds. The van der Waals surface area contributed by atoms with Crippen molar-refractivity contribution >= 4 is 5.97 Å². The number of likely N-dealkylation sites (tertiary alicyclic amines) is 1. The van der Waals surface area contributed by atoms with Crippen LogP contribution in [0.1, 0.15) is 19.8 Å². The van der Waals surface area contributed by atoms with Gasteiger partial charge in [0.15, 0.2) is 0 Å². The van der Waals surface area contributed by atoms with Crippen molar-refractivity contribution in [2.45, 2.75) is 25.8 Å². The molecular formula is C10H20N2O2. The highest BCUT2D eigenvalue weighted by Crippen LogP contribution is 2.13. The van der Waals surface area contributed by atoms with E-state index in [0.717, 1.165) is 19.6 Å². The molecule has 1 aliphatic heterocycles. The fourth-order valence-corrected chi connectivity index (χ4v) is 2.05. The second kappa shape index (κ2) is 5.32. The maximum absolute atomic E-state index is 10.5. The lowest BCUT2D eigenvalue weighted by molar-refractivity contribution is -0.137. The van der Waals surface area contributed by atoms with Gasteiger partial charge in [-0.15, -0.1) is 0 Å². The van der Waals surface area contributed by atoms with E-state index in [2.05, 4.69) is 23.8 Å². The molecule has 0 aromatic carbocycles. The number of nitrogens with zero attached hydrogens (tertiary/aromatic N) is 2. The van der Waals surface area contributed by atoms with E-state index in [1.54, 1.807) is 0 Å². The Morgan fingerprint density at radius 3 is 2.79 bits per heavy atom. The zero-order valence-electron chi connectivity index (χ0n) is 9.07. The third-order valence-corrected chi connectivity index (χ3v) is 2.90. The van der Waals surface area contributed by atoms with E-state index in [0.29, 0.717) is 12.6 Å². The van der Waals surface area contributed by atoms with Crippen molar-refractivity contribution in [2.75, 3.05) is 33.2 Å². The molecule has 1 atom stereocenters. The molecule has 14 heavy (non-hydrogen) atoms. The number of hydrogen-bond acceptors (Lipinski definition) is 3. The van der Waals surface area contributed by atoms with Crippen molar-refractivity contribution in [1.29, 1.82) is 0 Å². The summed E-state index contributed by atoms with van der Waals surface area (Å²) in [6.45, 7) is 5.94. The third-order valence-electron chi connectivity index (χ3n) is 2.90. The summed E-state index contributed by atoms with van der Waals surface area (Å²) in [4.78, 5) is 15.0. The van der Waals surface area contributed by atoms with Crippen molar-refractivity contribution in [1.82, 2.24) is 9.80 Å². The Bertz CT molecular complexity index is 197. The molecule has 1 heterocycles. The molecular weight excluding hydrogens is 180 g/mol. The quantitative estimate of drug-likeness (QED) is 0.701. The Balaban J connectivity index is 2.34. The second-order valence-corrected chi connectivity index (χ2v) is 3.98. The van der Waals surface area contributed by atoms with Gasteiger partial charge in [0.1, 0.15) is 0 Å². The predicted octanol–water partition coefficient (Wildman–Crippen LogP) is 0.487. The fourth-order valence-electron chi connectivity index (χ4n) is 2.05. The van der Waals surface area contributed by atoms with Gasteiger partial charge in [0, 0.05) is 19.1 Å². The van der Waals surface area contributed by atoms with E-state index in [-0.39, 0.29) is 6.42 Å². The lowest BCUT2D eigenvalue weighted by atomic mass is 10.2. The Morgan fingerprint density at radius 2 is 2.36 bits per heavy atom. The standard InChI is InChI=1S/C10H20N2O2/c1-3-12(7-5-10(13)14)9-4-6-11(2)8-9/h9H,3-8H2,1-2H3,(H,13,14). The number of hydrogen-bond donors (Lipinski definition) is 1. The van der Waals surface area contributed by atoms with Crippen LogP contribution in [0.3, 0.4) is 0 Å². The average molecular weight is 200 g/mol. The van der Waals surface area contributed by atoms with Crippen molar-refractivity contribution in [3.05, 3.63) is 0 Å². The van der Waals surface area contributed by atoms with Crippen LogP contribution in [0.15, 0.2) is 0 Å². The van der Waals surface area contributed by atoms with Gasteiger partial charge in [0.25, 0.3) is 0 Å². The molecule has 1 rings (SSSR count). The molecule has 0 bridgehead atoms. The van der Waals surface area contributed by atoms with Crippen molar-refractivity contribution in [3.8, 4) is 0 Å². The number of aliphatic carboxylic acids is 1. The first-order valence-corrected chi connectivity index (χ1v) is 5.28. The van der Waals surface area contributed by atoms with Gasteiger partial charge in [-0.3, -0.25) is 9.69 Å². The molecule has 4 heteroatoms. The summed E-state index contributed by atoms with van der Waals surface area (Å²) in [6.07, 6.45) is 1.43. The van der Waals surface area contributed by atoms with E-state index in [9.17, 15) is 4.79 Å². The monoisotopic (exact) mass is 200 g/mol. The predicted molar refractivity (Wildman–Crippen MR) is 55.4 cm³/mol. The fraction of sp³-hybridized carbons (Fsp3) is 0.900. The van der Waals surface area contributed by atoms with Gasteiger partial charge in [0.2, 0.25) is 0 Å². The average Bonchev–Trinajstić information content (AvgIpc) is 2.53. The van der Waals surface area contributed by atoms with E-state index in [4.69, 9.17) is 5.11 Å². The molecule has 0 spiro atoms. The molecule has 0 aromatic rings. The molecule has 0 aliphatic carbocycles. The maximum Gasteiger partial charge on any atom is 0.304 e. The summed E-state index contributed by atoms with van der Waals surface area (Å²) in [7, 11) is 2.12. The second-order valence-electron chi connectivity index (χ2n) is 3.98. The highest BCUT2D eigenvalue weighted by Gasteiger charge is 2.24. The van der Waals surface area contributed by atoms with Crippen molar-refractivity contribution in [3.63, 3.8) is 0 Å². The van der Waals surface area contributed by atoms with Gasteiger partial charge in [0.05, 0.1) is 6.42 Å². The molecule has 1 aliphatic rings. The first-order chi connectivity index (χ1) is 6.63. The number of carbonyl (C=O) groups is 1. The molecule has 0 radical (unpaired) electrons. The van der Waals surface area contributed by atoms with Gasteiger partial charge in [-0.2, -0.15) is 0 Å². The largest absolute Gasteiger partial charge is 0.481 e. The van der Waals surface area contributed by atoms with Crippen LogP contribution in [-0.2, 0) is 4.79 Å². The van der Waals surface area contributed by atoms with Crippen LogP contribution in [0.5, 0.6) is 0 Å². The van der Waals surface area contributed by atoms with Crippen molar-refractivity contribution in [2.24, 2.45) is 0 Å². The molecule has 1 fully saturated rings. The highest BCUT2D eigenvalue weighted by atomic mass is 16.4. The SMILES string of the molecule is CCN(CCC(=O)O)C1CCN(C)C1. The van der Waals surface area contributed by atoms with Crippen LogP contribution >= 0.6 is 0 Å². The lowest BCUT2D eigenvalue weighted by Crippen LogP contribution is -2.38. The first-order valence-electron chi connectivity index (χ1n) is 5.28. The molecule has 0 aromatic heterocycles. The number of likely N-dealkylation sites (N-methyl/N-ethyl adjacent to an activating group) is 2. The summed E-state index contributed by atoms with van der Waals surface area (Å²) in [5.74, 6) is -0.699.